The van der Waals surface area contributed by atoms with E-state index >= 15 is 0 Å². The molecule has 52 heavy (non-hydrogen) atoms. The topological polar surface area (TPSA) is 123 Å². The van der Waals surface area contributed by atoms with Gasteiger partial charge in [-0.05, 0) is 102 Å². The van der Waals surface area contributed by atoms with Crippen molar-refractivity contribution in [2.45, 2.75) is 128 Å². The molecule has 6 aliphatic rings. The van der Waals surface area contributed by atoms with Gasteiger partial charge >= 0.3 is 19.4 Å². The van der Waals surface area contributed by atoms with Crippen LogP contribution in [0.2, 0.25) is 0 Å². The van der Waals surface area contributed by atoms with E-state index in [-0.39, 0.29) is 48.8 Å². The van der Waals surface area contributed by atoms with Crippen LogP contribution in [0.4, 0.5) is 18.0 Å². The van der Waals surface area contributed by atoms with Crippen LogP contribution in [0.25, 0.3) is 0 Å². The van der Waals surface area contributed by atoms with Gasteiger partial charge in [-0.2, -0.15) is 13.2 Å². The predicted octanol–water partition coefficient (Wildman–Crippen LogP) is 5.95. The van der Waals surface area contributed by atoms with E-state index in [1.165, 1.54) is 11.0 Å². The zero-order valence-corrected chi connectivity index (χ0v) is 32.0. The van der Waals surface area contributed by atoms with Gasteiger partial charge in [0.2, 0.25) is 11.8 Å². The number of rotatable bonds is 9. The summed E-state index contributed by atoms with van der Waals surface area (Å²) in [6.07, 6.45) is -0.0838. The van der Waals surface area contributed by atoms with Gasteiger partial charge < -0.3 is 34.9 Å². The van der Waals surface area contributed by atoms with Crippen LogP contribution in [0.5, 0.6) is 0 Å². The second-order valence-electron chi connectivity index (χ2n) is 17.1. The largest absolute Gasteiger partial charge is 0.481 e. The van der Waals surface area contributed by atoms with Crippen LogP contribution in [0.1, 0.15) is 104 Å². The number of carbonyl (C=O) groups excluding carboxylic acids is 3. The Labute approximate surface area is 311 Å². The van der Waals surface area contributed by atoms with Gasteiger partial charge in [0, 0.05) is 25.6 Å². The molecule has 3 amide bonds. The molecule has 1 aromatic carbocycles. The Morgan fingerprint density at radius 2 is 1.85 bits per heavy atom. The number of nitrogens with one attached hydrogen (secondary N) is 1. The van der Waals surface area contributed by atoms with Crippen molar-refractivity contribution < 1.29 is 41.6 Å². The fourth-order valence-corrected chi connectivity index (χ4v) is 9.46. The lowest BCUT2D eigenvalue weighted by molar-refractivity contribution is -0.199. The van der Waals surface area contributed by atoms with Gasteiger partial charge in [-0.25, -0.2) is 4.79 Å². The Hall–Kier alpha value is -2.55. The van der Waals surface area contributed by atoms with Gasteiger partial charge in [0.15, 0.2) is 0 Å². The molecule has 0 radical (unpaired) electrons. The molecule has 10 nitrogen and oxygen atoms in total. The Morgan fingerprint density at radius 3 is 2.50 bits per heavy atom. The number of ether oxygens (including phenoxy) is 1. The molecule has 3 N–H and O–H groups in total. The molecule has 1 aromatic rings. The van der Waals surface area contributed by atoms with Crippen LogP contribution in [0, 0.1) is 23.2 Å². The number of hydrogen-bond donors (Lipinski definition) is 2. The van der Waals surface area contributed by atoms with E-state index < -0.39 is 60.0 Å². The van der Waals surface area contributed by atoms with Crippen molar-refractivity contribution in [1.29, 1.82) is 0 Å². The number of alkyl halides is 3. The number of nitrogens with two attached hydrogens (primary N) is 1. The highest BCUT2D eigenvalue weighted by molar-refractivity contribution is 6.47. The number of benzene rings is 1. The average Bonchev–Trinajstić information content (AvgIpc) is 3.79. The second kappa shape index (κ2) is 14.9. The minimum atomic E-state index is -4.57. The number of carbonyl (C=O) groups is 3. The molecule has 3 aliphatic heterocycles. The Kier molecular flexibility index (Phi) is 11.7. The molecule has 3 aliphatic carbocycles. The Bertz CT molecular complexity index is 1500. The third-order valence-electron chi connectivity index (χ3n) is 12.4. The molecule has 3 saturated carbocycles. The number of unbranched alkanes of at least 4 members (excludes halogenated alkanes) is 1. The Morgan fingerprint density at radius 1 is 1.12 bits per heavy atom. The normalized spacial score (nSPS) is 31.4. The van der Waals surface area contributed by atoms with Crippen molar-refractivity contribution in [3.8, 4) is 0 Å². The average molecular weight is 755 g/mol. The van der Waals surface area contributed by atoms with Crippen molar-refractivity contribution in [3.63, 3.8) is 0 Å². The molecule has 290 valence electrons. The highest BCUT2D eigenvalue weighted by Gasteiger charge is 2.68. The number of hydrogen-bond acceptors (Lipinski definition) is 7. The minimum Gasteiger partial charge on any atom is -0.444 e. The van der Waals surface area contributed by atoms with Crippen LogP contribution in [0.15, 0.2) is 24.3 Å². The summed E-state index contributed by atoms with van der Waals surface area (Å²) in [7, 11) is -0.634. The van der Waals surface area contributed by atoms with Crippen LogP contribution in [0.3, 0.4) is 0 Å². The van der Waals surface area contributed by atoms with Gasteiger partial charge in [-0.3, -0.25) is 9.59 Å². The number of nitrogens with zero attached hydrogens (tertiary/aromatic N) is 2. The summed E-state index contributed by atoms with van der Waals surface area (Å²) >= 11 is 0. The first-order chi connectivity index (χ1) is 23.8. The molecular weight excluding hydrogens is 700 g/mol. The summed E-state index contributed by atoms with van der Waals surface area (Å²) in [6.45, 7) is 12.7. The summed E-state index contributed by atoms with van der Waals surface area (Å²) in [5.41, 5.74) is 4.20. The fourth-order valence-electron chi connectivity index (χ4n) is 9.46. The lowest BCUT2D eigenvalue weighted by Gasteiger charge is -2.64. The number of amides is 3. The molecule has 7 rings (SSSR count). The van der Waals surface area contributed by atoms with Crippen molar-refractivity contribution >= 4 is 37.4 Å². The molecular formula is C37H55BClF3N4O6. The monoisotopic (exact) mass is 754 g/mol. The number of halogens is 4. The minimum absolute atomic E-state index is 0. The van der Waals surface area contributed by atoms with E-state index in [0.717, 1.165) is 37.8 Å². The standard InChI is InChI=1S/C37H54BF3N4O6.ClH/c1-34(2,3)49-33(48)44-20-25(22-11-9-12-23(17-22)37(39,40)41)26(21-44)32(47)45-16-10-13-27(45)31(46)43-30(14-7-8-15-42)38-50-29-19-24-18-28(35(24,4)5)36(29,6)51-38;/h9,11-12,17,24-30H,7-8,10,13-16,18-21,42H2,1-6H3,(H,43,46);1H/t24-,25-,26-,27?,28-,29+,30-,36-;/m0./s1. The molecule has 1 unspecified atom stereocenters. The van der Waals surface area contributed by atoms with E-state index in [1.54, 1.807) is 31.7 Å². The van der Waals surface area contributed by atoms with Gasteiger partial charge in [-0.1, -0.05) is 38.5 Å². The predicted molar refractivity (Wildman–Crippen MR) is 192 cm³/mol. The second-order valence-corrected chi connectivity index (χ2v) is 17.1. The zero-order chi connectivity index (χ0) is 37.1. The summed E-state index contributed by atoms with van der Waals surface area (Å²) in [5, 5.41) is 3.20. The third-order valence-corrected chi connectivity index (χ3v) is 12.4. The van der Waals surface area contributed by atoms with Gasteiger partial charge in [0.1, 0.15) is 11.6 Å². The van der Waals surface area contributed by atoms with Crippen LogP contribution in [-0.4, -0.2) is 90.3 Å². The van der Waals surface area contributed by atoms with Crippen LogP contribution >= 0.6 is 12.4 Å². The summed E-state index contributed by atoms with van der Waals surface area (Å²) in [4.78, 5) is 44.7. The summed E-state index contributed by atoms with van der Waals surface area (Å²) < 4.78 is 60.1. The van der Waals surface area contributed by atoms with Crippen LogP contribution < -0.4 is 11.1 Å². The van der Waals surface area contributed by atoms with Gasteiger partial charge in [0.25, 0.3) is 0 Å². The third kappa shape index (κ3) is 7.82. The molecule has 3 heterocycles. The smallest absolute Gasteiger partial charge is 0.444 e. The fraction of sp³-hybridized carbons (Fsp3) is 0.757. The molecule has 3 saturated heterocycles. The van der Waals surface area contributed by atoms with Gasteiger partial charge in [-0.15, -0.1) is 12.4 Å². The van der Waals surface area contributed by atoms with Crippen molar-refractivity contribution in [1.82, 2.24) is 15.1 Å². The summed E-state index contributed by atoms with van der Waals surface area (Å²) in [5.74, 6) is -1.78. The van der Waals surface area contributed by atoms with Crippen molar-refractivity contribution in [3.05, 3.63) is 35.4 Å². The molecule has 0 aromatic heterocycles. The summed E-state index contributed by atoms with van der Waals surface area (Å²) in [6, 6.07) is 4.14. The maximum Gasteiger partial charge on any atom is 0.481 e. The maximum atomic E-state index is 14.4. The van der Waals surface area contributed by atoms with Crippen molar-refractivity contribution in [2.24, 2.45) is 28.9 Å². The lowest BCUT2D eigenvalue weighted by atomic mass is 9.43. The number of likely N-dealkylation sites (tertiary alicyclic amines) is 2. The maximum absolute atomic E-state index is 14.4. The lowest BCUT2D eigenvalue weighted by Crippen LogP contribution is -2.65. The molecule has 0 spiro atoms. The van der Waals surface area contributed by atoms with Crippen LogP contribution in [-0.2, 0) is 29.8 Å². The first kappa shape index (κ1) is 40.6. The zero-order valence-electron chi connectivity index (χ0n) is 31.2. The van der Waals surface area contributed by atoms with E-state index in [4.69, 9.17) is 19.8 Å². The molecule has 8 atom stereocenters. The SMILES string of the molecule is CC(C)(C)OC(=O)N1C[C@H](C(=O)N2CCCC2C(=O)N[C@@H](CCCCN)B2O[C@@H]3C[C@@H]4C[C@@H](C4(C)C)[C@]3(C)O2)[C@H](c2cccc(C(F)(F)F)c2)C1.Cl. The quantitative estimate of drug-likeness (QED) is 0.236. The first-order valence-electron chi connectivity index (χ1n) is 18.6. The molecule has 15 heteroatoms. The molecule has 6 fully saturated rings. The van der Waals surface area contributed by atoms with E-state index in [0.29, 0.717) is 49.8 Å². The van der Waals surface area contributed by atoms with E-state index in [2.05, 4.69) is 26.1 Å². The Balaban J connectivity index is 0.00000523. The highest BCUT2D eigenvalue weighted by Crippen LogP contribution is 2.65. The van der Waals surface area contributed by atoms with Crippen molar-refractivity contribution in [2.75, 3.05) is 26.2 Å². The highest BCUT2D eigenvalue weighted by atomic mass is 35.5. The van der Waals surface area contributed by atoms with E-state index in [9.17, 15) is 27.6 Å². The first-order valence-corrected chi connectivity index (χ1v) is 18.6. The van der Waals surface area contributed by atoms with Gasteiger partial charge in [0.05, 0.1) is 29.1 Å². The van der Waals surface area contributed by atoms with E-state index in [1.807, 2.05) is 0 Å². The molecule has 2 bridgehead atoms.